The monoisotopic (exact) mass is 255 g/mol. The predicted molar refractivity (Wildman–Crippen MR) is 64.1 cm³/mol. The number of ether oxygens (including phenoxy) is 1. The number of benzene rings is 1. The Bertz CT molecular complexity index is 404. The minimum Gasteiger partial charge on any atom is -0.482 e. The number of rotatable bonds is 4. The van der Waals surface area contributed by atoms with Crippen LogP contribution in [0.2, 0.25) is 5.02 Å². The predicted octanol–water partition coefficient (Wildman–Crippen LogP) is 1.36. The number of aliphatic hydroxyl groups excluding tert-OH is 1. The van der Waals surface area contributed by atoms with Crippen molar-refractivity contribution >= 4 is 17.5 Å². The first-order valence-electron chi connectivity index (χ1n) is 5.50. The molecular formula is C12H14ClNO3. The molecule has 0 aromatic heterocycles. The molecule has 4 nitrogen and oxygen atoms in total. The second-order valence-corrected chi connectivity index (χ2v) is 4.52. The molecule has 0 radical (unpaired) electrons. The first kappa shape index (κ1) is 12.2. The Hall–Kier alpha value is -1.26. The average Bonchev–Trinajstić information content (AvgIpc) is 2.26. The first-order valence-corrected chi connectivity index (χ1v) is 5.87. The highest BCUT2D eigenvalue weighted by atomic mass is 35.5. The van der Waals surface area contributed by atoms with Crippen molar-refractivity contribution in [3.8, 4) is 5.75 Å². The van der Waals surface area contributed by atoms with Crippen molar-refractivity contribution < 1.29 is 14.6 Å². The fraction of sp³-hybridized carbons (Fsp3) is 0.417. The minimum absolute atomic E-state index is 0.0592. The van der Waals surface area contributed by atoms with Gasteiger partial charge in [-0.2, -0.15) is 0 Å². The van der Waals surface area contributed by atoms with Crippen molar-refractivity contribution in [3.63, 3.8) is 0 Å². The van der Waals surface area contributed by atoms with Gasteiger partial charge in [0.1, 0.15) is 5.75 Å². The van der Waals surface area contributed by atoms with Gasteiger partial charge in [-0.1, -0.05) is 23.7 Å². The quantitative estimate of drug-likeness (QED) is 0.854. The lowest BCUT2D eigenvalue weighted by atomic mass is 9.89. The number of amides is 1. The zero-order chi connectivity index (χ0) is 12.3. The van der Waals surface area contributed by atoms with E-state index < -0.39 is 0 Å². The molecule has 0 atom stereocenters. The highest BCUT2D eigenvalue weighted by Crippen LogP contribution is 2.23. The largest absolute Gasteiger partial charge is 0.482 e. The van der Waals surface area contributed by atoms with Crippen molar-refractivity contribution in [2.75, 3.05) is 6.61 Å². The van der Waals surface area contributed by atoms with E-state index >= 15 is 0 Å². The number of para-hydroxylation sites is 1. The molecule has 1 aromatic carbocycles. The molecule has 92 valence electrons. The molecule has 0 unspecified atom stereocenters. The topological polar surface area (TPSA) is 58.6 Å². The molecule has 1 fully saturated rings. The first-order chi connectivity index (χ1) is 8.15. The highest BCUT2D eigenvalue weighted by molar-refractivity contribution is 6.32. The van der Waals surface area contributed by atoms with Gasteiger partial charge in [-0.25, -0.2) is 0 Å². The lowest BCUT2D eigenvalue weighted by Gasteiger charge is -2.31. The number of hydrogen-bond acceptors (Lipinski definition) is 3. The number of hydrogen-bond donors (Lipinski definition) is 2. The molecule has 1 amide bonds. The zero-order valence-electron chi connectivity index (χ0n) is 9.23. The van der Waals surface area contributed by atoms with E-state index in [-0.39, 0.29) is 24.7 Å². The molecule has 1 aromatic rings. The van der Waals surface area contributed by atoms with E-state index in [2.05, 4.69) is 5.32 Å². The molecule has 0 heterocycles. The molecule has 0 bridgehead atoms. The van der Waals surface area contributed by atoms with Gasteiger partial charge in [0.2, 0.25) is 0 Å². The van der Waals surface area contributed by atoms with Gasteiger partial charge >= 0.3 is 0 Å². The van der Waals surface area contributed by atoms with Crippen molar-refractivity contribution in [2.45, 2.75) is 25.0 Å². The normalized spacial score (nSPS) is 22.7. The van der Waals surface area contributed by atoms with Crippen LogP contribution in [-0.4, -0.2) is 29.8 Å². The maximum atomic E-state index is 11.5. The molecule has 0 aliphatic heterocycles. The van der Waals surface area contributed by atoms with Crippen LogP contribution in [0.1, 0.15) is 12.8 Å². The minimum atomic E-state index is -0.273. The van der Waals surface area contributed by atoms with E-state index in [0.29, 0.717) is 23.6 Å². The average molecular weight is 256 g/mol. The van der Waals surface area contributed by atoms with Crippen molar-refractivity contribution in [1.29, 1.82) is 0 Å². The van der Waals surface area contributed by atoms with Crippen molar-refractivity contribution in [1.82, 2.24) is 5.32 Å². The summed E-state index contributed by atoms with van der Waals surface area (Å²) in [5, 5.41) is 12.3. The fourth-order valence-corrected chi connectivity index (χ4v) is 1.87. The van der Waals surface area contributed by atoms with Crippen LogP contribution in [0.25, 0.3) is 0 Å². The lowest BCUT2D eigenvalue weighted by molar-refractivity contribution is -0.125. The van der Waals surface area contributed by atoms with Crippen LogP contribution in [0.5, 0.6) is 5.75 Å². The molecule has 17 heavy (non-hydrogen) atoms. The second kappa shape index (κ2) is 5.38. The number of carbonyl (C=O) groups is 1. The molecule has 1 aliphatic carbocycles. The van der Waals surface area contributed by atoms with Gasteiger partial charge < -0.3 is 15.2 Å². The number of halogens is 1. The molecule has 1 saturated carbocycles. The summed E-state index contributed by atoms with van der Waals surface area (Å²) in [6.45, 7) is -0.0592. The summed E-state index contributed by atoms with van der Waals surface area (Å²) in [5.74, 6) is 0.305. The van der Waals surface area contributed by atoms with Gasteiger partial charge in [0, 0.05) is 6.04 Å². The van der Waals surface area contributed by atoms with Gasteiger partial charge in [-0.15, -0.1) is 0 Å². The molecule has 2 N–H and O–H groups in total. The number of aliphatic hydroxyl groups is 1. The summed E-state index contributed by atoms with van der Waals surface area (Å²) in [7, 11) is 0. The Morgan fingerprint density at radius 1 is 1.47 bits per heavy atom. The highest BCUT2D eigenvalue weighted by Gasteiger charge is 2.28. The fourth-order valence-electron chi connectivity index (χ4n) is 1.68. The SMILES string of the molecule is O=C(COc1ccccc1Cl)NC1CC(O)C1. The third-order valence-electron chi connectivity index (χ3n) is 2.67. The number of carbonyl (C=O) groups excluding carboxylic acids is 1. The van der Waals surface area contributed by atoms with Crippen LogP contribution in [0, 0.1) is 0 Å². The smallest absolute Gasteiger partial charge is 0.258 e. The van der Waals surface area contributed by atoms with Gasteiger partial charge in [-0.3, -0.25) is 4.79 Å². The second-order valence-electron chi connectivity index (χ2n) is 4.11. The van der Waals surface area contributed by atoms with E-state index in [9.17, 15) is 4.79 Å². The third-order valence-corrected chi connectivity index (χ3v) is 2.99. The van der Waals surface area contributed by atoms with Crippen LogP contribution in [0.3, 0.4) is 0 Å². The maximum Gasteiger partial charge on any atom is 0.258 e. The van der Waals surface area contributed by atoms with Crippen molar-refractivity contribution in [2.24, 2.45) is 0 Å². The summed E-state index contributed by atoms with van der Waals surface area (Å²) in [5.41, 5.74) is 0. The zero-order valence-corrected chi connectivity index (χ0v) is 9.98. The summed E-state index contributed by atoms with van der Waals surface area (Å²) in [6, 6.07) is 7.08. The van der Waals surface area contributed by atoms with Crippen LogP contribution >= 0.6 is 11.6 Å². The van der Waals surface area contributed by atoms with Crippen molar-refractivity contribution in [3.05, 3.63) is 29.3 Å². The maximum absolute atomic E-state index is 11.5. The molecular weight excluding hydrogens is 242 g/mol. The molecule has 1 aliphatic rings. The molecule has 5 heteroatoms. The van der Waals surface area contributed by atoms with Gasteiger partial charge in [0.05, 0.1) is 11.1 Å². The summed E-state index contributed by atoms with van der Waals surface area (Å²) >= 11 is 5.88. The lowest BCUT2D eigenvalue weighted by Crippen LogP contribution is -2.48. The Kier molecular flexibility index (Phi) is 3.86. The van der Waals surface area contributed by atoms with Gasteiger partial charge in [-0.05, 0) is 25.0 Å². The van der Waals surface area contributed by atoms with E-state index in [1.54, 1.807) is 24.3 Å². The van der Waals surface area contributed by atoms with E-state index in [0.717, 1.165) is 0 Å². The number of nitrogens with one attached hydrogen (secondary N) is 1. The Labute approximate surface area is 105 Å². The standard InChI is InChI=1S/C12H14ClNO3/c13-10-3-1-2-4-11(10)17-7-12(16)14-8-5-9(15)6-8/h1-4,8-9,15H,5-7H2,(H,14,16). The summed E-state index contributed by atoms with van der Waals surface area (Å²) in [4.78, 5) is 11.5. The Morgan fingerprint density at radius 3 is 2.82 bits per heavy atom. The summed E-state index contributed by atoms with van der Waals surface area (Å²) < 4.78 is 5.29. The molecule has 2 rings (SSSR count). The summed E-state index contributed by atoms with van der Waals surface area (Å²) in [6.07, 6.45) is 0.972. The van der Waals surface area contributed by atoms with Gasteiger partial charge in [0.15, 0.2) is 6.61 Å². The van der Waals surface area contributed by atoms with E-state index in [1.807, 2.05) is 0 Å². The van der Waals surface area contributed by atoms with Crippen LogP contribution in [-0.2, 0) is 4.79 Å². The third kappa shape index (κ3) is 3.35. The van der Waals surface area contributed by atoms with Gasteiger partial charge in [0.25, 0.3) is 5.91 Å². The Morgan fingerprint density at radius 2 is 2.18 bits per heavy atom. The molecule has 0 spiro atoms. The molecule has 0 saturated heterocycles. The van der Waals surface area contributed by atoms with Crippen LogP contribution in [0.4, 0.5) is 0 Å². The van der Waals surface area contributed by atoms with E-state index in [4.69, 9.17) is 21.4 Å². The van der Waals surface area contributed by atoms with Crippen LogP contribution < -0.4 is 10.1 Å². The van der Waals surface area contributed by atoms with Crippen LogP contribution in [0.15, 0.2) is 24.3 Å². The van der Waals surface area contributed by atoms with E-state index in [1.165, 1.54) is 0 Å². The Balaban J connectivity index is 1.75.